The second kappa shape index (κ2) is 5.36. The molecule has 0 radical (unpaired) electrons. The highest BCUT2D eigenvalue weighted by Gasteiger charge is 2.14. The Hall–Kier alpha value is -2.69. The van der Waals surface area contributed by atoms with Gasteiger partial charge in [0.25, 0.3) is 0 Å². The van der Waals surface area contributed by atoms with Gasteiger partial charge in [-0.05, 0) is 26.0 Å². The Bertz CT molecular complexity index is 808. The molecule has 0 N–H and O–H groups in total. The van der Waals surface area contributed by atoms with Crippen LogP contribution in [0.15, 0.2) is 42.6 Å². The molecular weight excluding hydrogens is 266 g/mol. The lowest BCUT2D eigenvalue weighted by Gasteiger charge is -2.05. The van der Waals surface area contributed by atoms with Gasteiger partial charge in [0, 0.05) is 17.8 Å². The van der Waals surface area contributed by atoms with Gasteiger partial charge in [-0.15, -0.1) is 0 Å². The van der Waals surface area contributed by atoms with Crippen molar-refractivity contribution in [1.29, 1.82) is 0 Å². The first-order valence-electron chi connectivity index (χ1n) is 6.78. The largest absolute Gasteiger partial charge is 0.461 e. The summed E-state index contributed by atoms with van der Waals surface area (Å²) in [5.74, 6) is -0.432. The minimum atomic E-state index is -0.432. The summed E-state index contributed by atoms with van der Waals surface area (Å²) < 4.78 is 6.65. The van der Waals surface area contributed by atoms with Gasteiger partial charge in [-0.2, -0.15) is 5.10 Å². The Balaban J connectivity index is 2.14. The number of carbonyl (C=O) groups is 1. The van der Waals surface area contributed by atoms with Crippen molar-refractivity contribution in [2.45, 2.75) is 13.8 Å². The molecule has 2 heterocycles. The predicted molar refractivity (Wildman–Crippen MR) is 79.1 cm³/mol. The lowest BCUT2D eigenvalue weighted by atomic mass is 10.1. The lowest BCUT2D eigenvalue weighted by molar-refractivity contribution is 0.0519. The molecule has 0 unspecified atom stereocenters. The van der Waals surface area contributed by atoms with Gasteiger partial charge in [-0.1, -0.05) is 23.8 Å². The number of ether oxygens (including phenoxy) is 1. The molecule has 21 heavy (non-hydrogen) atoms. The zero-order valence-corrected chi connectivity index (χ0v) is 11.9. The fourth-order valence-corrected chi connectivity index (χ4v) is 2.22. The fourth-order valence-electron chi connectivity index (χ4n) is 2.22. The van der Waals surface area contributed by atoms with Crippen molar-refractivity contribution < 1.29 is 9.53 Å². The second-order valence-corrected chi connectivity index (χ2v) is 4.72. The van der Waals surface area contributed by atoms with Crippen LogP contribution < -0.4 is 0 Å². The summed E-state index contributed by atoms with van der Waals surface area (Å²) in [5.41, 5.74) is 3.97. The standard InChI is InChI=1S/C16H15N3O2/c1-3-21-16(20)13-10-15-17-8-7-14(19(15)18-13)12-6-4-5-11(2)9-12/h4-10H,3H2,1-2H3. The van der Waals surface area contributed by atoms with Crippen LogP contribution in [0.2, 0.25) is 0 Å². The smallest absolute Gasteiger partial charge is 0.358 e. The van der Waals surface area contributed by atoms with E-state index in [0.717, 1.165) is 16.8 Å². The van der Waals surface area contributed by atoms with Crippen LogP contribution in [0.3, 0.4) is 0 Å². The van der Waals surface area contributed by atoms with Crippen LogP contribution in [-0.2, 0) is 4.74 Å². The lowest BCUT2D eigenvalue weighted by Crippen LogP contribution is -2.05. The van der Waals surface area contributed by atoms with Crippen molar-refractivity contribution in [2.75, 3.05) is 6.61 Å². The van der Waals surface area contributed by atoms with E-state index in [2.05, 4.69) is 16.1 Å². The van der Waals surface area contributed by atoms with Gasteiger partial charge in [0.05, 0.1) is 12.3 Å². The van der Waals surface area contributed by atoms with E-state index in [4.69, 9.17) is 4.74 Å². The maximum Gasteiger partial charge on any atom is 0.358 e. The number of aryl methyl sites for hydroxylation is 1. The molecule has 0 atom stereocenters. The number of hydrogen-bond donors (Lipinski definition) is 0. The SMILES string of the molecule is CCOC(=O)c1cc2nccc(-c3cccc(C)c3)n2n1. The Morgan fingerprint density at radius 3 is 2.90 bits per heavy atom. The molecule has 0 spiro atoms. The van der Waals surface area contributed by atoms with Crippen LogP contribution in [0.5, 0.6) is 0 Å². The van der Waals surface area contributed by atoms with E-state index in [9.17, 15) is 4.79 Å². The maximum atomic E-state index is 11.8. The van der Waals surface area contributed by atoms with Gasteiger partial charge >= 0.3 is 5.97 Å². The van der Waals surface area contributed by atoms with Crippen molar-refractivity contribution in [3.8, 4) is 11.3 Å². The van der Waals surface area contributed by atoms with Crippen LogP contribution in [0.1, 0.15) is 23.0 Å². The van der Waals surface area contributed by atoms with Gasteiger partial charge in [0.1, 0.15) is 0 Å². The highest BCUT2D eigenvalue weighted by atomic mass is 16.5. The first-order chi connectivity index (χ1) is 10.2. The van der Waals surface area contributed by atoms with Crippen LogP contribution >= 0.6 is 0 Å². The van der Waals surface area contributed by atoms with E-state index >= 15 is 0 Å². The molecule has 1 aromatic carbocycles. The van der Waals surface area contributed by atoms with Gasteiger partial charge in [-0.25, -0.2) is 14.3 Å². The average Bonchev–Trinajstić information content (AvgIpc) is 2.91. The third-order valence-electron chi connectivity index (χ3n) is 3.16. The minimum absolute atomic E-state index is 0.268. The zero-order chi connectivity index (χ0) is 14.8. The molecule has 0 amide bonds. The highest BCUT2D eigenvalue weighted by Crippen LogP contribution is 2.21. The topological polar surface area (TPSA) is 56.5 Å². The van der Waals surface area contributed by atoms with Crippen molar-refractivity contribution in [2.24, 2.45) is 0 Å². The third-order valence-corrected chi connectivity index (χ3v) is 3.16. The number of fused-ring (bicyclic) bond motifs is 1. The first-order valence-corrected chi connectivity index (χ1v) is 6.78. The number of esters is 1. The Labute approximate surface area is 122 Å². The summed E-state index contributed by atoms with van der Waals surface area (Å²) in [4.78, 5) is 16.0. The third kappa shape index (κ3) is 2.50. The number of rotatable bonds is 3. The van der Waals surface area contributed by atoms with Crippen molar-refractivity contribution in [1.82, 2.24) is 14.6 Å². The molecule has 0 aliphatic rings. The molecule has 0 saturated heterocycles. The highest BCUT2D eigenvalue weighted by molar-refractivity contribution is 5.88. The van der Waals surface area contributed by atoms with Crippen molar-refractivity contribution >= 4 is 11.6 Å². The van der Waals surface area contributed by atoms with Crippen molar-refractivity contribution in [3.05, 3.63) is 53.9 Å². The quantitative estimate of drug-likeness (QED) is 0.693. The zero-order valence-electron chi connectivity index (χ0n) is 11.9. The molecule has 0 aliphatic carbocycles. The molecule has 3 aromatic rings. The van der Waals surface area contributed by atoms with Crippen molar-refractivity contribution in [3.63, 3.8) is 0 Å². The fraction of sp³-hybridized carbons (Fsp3) is 0.188. The van der Waals surface area contributed by atoms with E-state index < -0.39 is 5.97 Å². The Morgan fingerprint density at radius 2 is 2.14 bits per heavy atom. The summed E-state index contributed by atoms with van der Waals surface area (Å²) in [6.07, 6.45) is 1.71. The Morgan fingerprint density at radius 1 is 1.29 bits per heavy atom. The van der Waals surface area contributed by atoms with E-state index in [1.54, 1.807) is 23.7 Å². The van der Waals surface area contributed by atoms with Crippen LogP contribution in [-0.4, -0.2) is 27.2 Å². The van der Waals surface area contributed by atoms with Gasteiger partial charge in [0.15, 0.2) is 11.3 Å². The number of aromatic nitrogens is 3. The molecule has 5 nitrogen and oxygen atoms in total. The predicted octanol–water partition coefficient (Wildman–Crippen LogP) is 2.88. The monoisotopic (exact) mass is 281 g/mol. The molecule has 106 valence electrons. The molecule has 2 aromatic heterocycles. The number of nitrogens with zero attached hydrogens (tertiary/aromatic N) is 3. The van der Waals surface area contributed by atoms with Crippen LogP contribution in [0.4, 0.5) is 0 Å². The van der Waals surface area contributed by atoms with E-state index in [-0.39, 0.29) is 5.69 Å². The molecule has 0 aliphatic heterocycles. The molecule has 0 bridgehead atoms. The maximum absolute atomic E-state index is 11.8. The summed E-state index contributed by atoms with van der Waals surface area (Å²) >= 11 is 0. The summed E-state index contributed by atoms with van der Waals surface area (Å²) in [7, 11) is 0. The van der Waals surface area contributed by atoms with E-state index in [0.29, 0.717) is 12.3 Å². The first kappa shape index (κ1) is 13.3. The number of carbonyl (C=O) groups excluding carboxylic acids is 1. The molecule has 0 fully saturated rings. The number of benzene rings is 1. The summed E-state index contributed by atoms with van der Waals surface area (Å²) in [6.45, 7) is 4.13. The minimum Gasteiger partial charge on any atom is -0.461 e. The van der Waals surface area contributed by atoms with Crippen LogP contribution in [0.25, 0.3) is 16.9 Å². The molecule has 0 saturated carbocycles. The summed E-state index contributed by atoms with van der Waals surface area (Å²) in [5, 5.41) is 4.32. The molecule has 5 heteroatoms. The average molecular weight is 281 g/mol. The van der Waals surface area contributed by atoms with E-state index in [1.165, 1.54) is 0 Å². The Kier molecular flexibility index (Phi) is 3.39. The molecule has 3 rings (SSSR count). The normalized spacial score (nSPS) is 10.8. The van der Waals surface area contributed by atoms with E-state index in [1.807, 2.05) is 31.2 Å². The van der Waals surface area contributed by atoms with Gasteiger partial charge in [0.2, 0.25) is 0 Å². The summed E-state index contributed by atoms with van der Waals surface area (Å²) in [6, 6.07) is 11.6. The van der Waals surface area contributed by atoms with Gasteiger partial charge < -0.3 is 4.74 Å². The van der Waals surface area contributed by atoms with Crippen LogP contribution in [0, 0.1) is 6.92 Å². The number of hydrogen-bond acceptors (Lipinski definition) is 4. The molecular formula is C16H15N3O2. The second-order valence-electron chi connectivity index (χ2n) is 4.72. The van der Waals surface area contributed by atoms with Gasteiger partial charge in [-0.3, -0.25) is 0 Å².